The molecule has 2 N–H and O–H groups in total. The van der Waals surface area contributed by atoms with E-state index in [1.807, 2.05) is 66.9 Å². The Morgan fingerprint density at radius 3 is 2.81 bits per heavy atom. The molecule has 0 atom stereocenters. The fraction of sp³-hybridized carbons (Fsp3) is 0.200. The van der Waals surface area contributed by atoms with Gasteiger partial charge in [0.25, 0.3) is 0 Å². The first kappa shape index (κ1) is 18.1. The van der Waals surface area contributed by atoms with Crippen molar-refractivity contribution in [2.45, 2.75) is 13.5 Å². The number of amides is 1. The topological polar surface area (TPSA) is 63.2 Å². The minimum absolute atomic E-state index is 0.0143. The van der Waals surface area contributed by atoms with Crippen molar-refractivity contribution in [2.75, 3.05) is 23.8 Å². The Morgan fingerprint density at radius 1 is 1.15 bits per heavy atom. The van der Waals surface area contributed by atoms with Gasteiger partial charge in [-0.2, -0.15) is 0 Å². The summed E-state index contributed by atoms with van der Waals surface area (Å²) in [5, 5.41) is 8.97. The number of anilines is 2. The van der Waals surface area contributed by atoms with Crippen LogP contribution >= 0.6 is 11.3 Å². The third-order valence-corrected chi connectivity index (χ3v) is 4.42. The van der Waals surface area contributed by atoms with Crippen molar-refractivity contribution < 1.29 is 9.53 Å². The molecule has 26 heavy (non-hydrogen) atoms. The summed E-state index contributed by atoms with van der Waals surface area (Å²) in [6.07, 6.45) is 0. The predicted octanol–water partition coefficient (Wildman–Crippen LogP) is 4.40. The van der Waals surface area contributed by atoms with Crippen LogP contribution in [-0.4, -0.2) is 24.0 Å². The largest absolute Gasteiger partial charge is 0.367 e. The lowest BCUT2D eigenvalue weighted by Crippen LogP contribution is -2.18. The molecule has 0 aliphatic carbocycles. The van der Waals surface area contributed by atoms with E-state index >= 15 is 0 Å². The highest BCUT2D eigenvalue weighted by Crippen LogP contribution is 2.26. The molecule has 0 saturated heterocycles. The second kappa shape index (κ2) is 9.12. The standard InChI is InChI=1S/C20H21N3O2S/c1-2-21-20-23-18(14-26-20)16-9-6-10-17(11-16)22-19(24)13-25-12-15-7-4-3-5-8-15/h3-11,14H,2,12-13H2,1H3,(H,21,23)(H,22,24). The molecule has 0 spiro atoms. The van der Waals surface area contributed by atoms with Crippen LogP contribution in [0.4, 0.5) is 10.8 Å². The first-order valence-electron chi connectivity index (χ1n) is 8.46. The summed E-state index contributed by atoms with van der Waals surface area (Å²) in [6, 6.07) is 17.4. The molecule has 1 aromatic heterocycles. The summed E-state index contributed by atoms with van der Waals surface area (Å²) in [4.78, 5) is 16.6. The first-order valence-corrected chi connectivity index (χ1v) is 9.34. The van der Waals surface area contributed by atoms with Gasteiger partial charge in [0.1, 0.15) is 6.61 Å². The van der Waals surface area contributed by atoms with Crippen LogP contribution in [0.15, 0.2) is 60.0 Å². The zero-order valence-electron chi connectivity index (χ0n) is 14.6. The monoisotopic (exact) mass is 367 g/mol. The van der Waals surface area contributed by atoms with Crippen molar-refractivity contribution in [3.63, 3.8) is 0 Å². The number of carbonyl (C=O) groups is 1. The van der Waals surface area contributed by atoms with Crippen molar-refractivity contribution in [1.82, 2.24) is 4.98 Å². The molecule has 0 fully saturated rings. The third-order valence-electron chi connectivity index (χ3n) is 3.62. The Bertz CT molecular complexity index is 849. The minimum Gasteiger partial charge on any atom is -0.367 e. The summed E-state index contributed by atoms with van der Waals surface area (Å²) in [5.74, 6) is -0.176. The fourth-order valence-corrected chi connectivity index (χ4v) is 3.22. The lowest BCUT2D eigenvalue weighted by Gasteiger charge is -2.07. The quantitative estimate of drug-likeness (QED) is 0.619. The summed E-state index contributed by atoms with van der Waals surface area (Å²) >= 11 is 1.57. The Labute approximate surface area is 157 Å². The molecule has 0 bridgehead atoms. The summed E-state index contributed by atoms with van der Waals surface area (Å²) in [7, 11) is 0. The highest BCUT2D eigenvalue weighted by atomic mass is 32.1. The smallest absolute Gasteiger partial charge is 0.250 e. The van der Waals surface area contributed by atoms with Crippen molar-refractivity contribution in [3.05, 3.63) is 65.5 Å². The molecular formula is C20H21N3O2S. The predicted molar refractivity (Wildman–Crippen MR) is 106 cm³/mol. The number of benzene rings is 2. The molecule has 134 valence electrons. The van der Waals surface area contributed by atoms with Gasteiger partial charge >= 0.3 is 0 Å². The Morgan fingerprint density at radius 2 is 2.00 bits per heavy atom. The average molecular weight is 367 g/mol. The van der Waals surface area contributed by atoms with Gasteiger partial charge in [0, 0.05) is 23.2 Å². The number of ether oxygens (including phenoxy) is 1. The maximum absolute atomic E-state index is 12.1. The average Bonchev–Trinajstić information content (AvgIpc) is 3.12. The van der Waals surface area contributed by atoms with E-state index in [9.17, 15) is 4.79 Å². The van der Waals surface area contributed by atoms with Gasteiger partial charge in [0.2, 0.25) is 5.91 Å². The minimum atomic E-state index is -0.176. The molecule has 3 rings (SSSR count). The Kier molecular flexibility index (Phi) is 6.35. The van der Waals surface area contributed by atoms with Crippen molar-refractivity contribution in [3.8, 4) is 11.3 Å². The second-order valence-corrected chi connectivity index (χ2v) is 6.53. The van der Waals surface area contributed by atoms with E-state index in [2.05, 4.69) is 15.6 Å². The van der Waals surface area contributed by atoms with E-state index in [0.717, 1.165) is 34.2 Å². The van der Waals surface area contributed by atoms with Gasteiger partial charge in [-0.1, -0.05) is 42.5 Å². The lowest BCUT2D eigenvalue weighted by molar-refractivity contribution is -0.121. The van der Waals surface area contributed by atoms with Crippen LogP contribution in [0.5, 0.6) is 0 Å². The molecule has 0 radical (unpaired) electrons. The van der Waals surface area contributed by atoms with E-state index in [1.165, 1.54) is 0 Å². The molecule has 0 aliphatic heterocycles. The van der Waals surface area contributed by atoms with Crippen LogP contribution in [0.3, 0.4) is 0 Å². The first-order chi connectivity index (χ1) is 12.7. The molecule has 6 heteroatoms. The molecule has 1 amide bonds. The Hall–Kier alpha value is -2.70. The van der Waals surface area contributed by atoms with E-state index in [-0.39, 0.29) is 12.5 Å². The van der Waals surface area contributed by atoms with Gasteiger partial charge in [0.05, 0.1) is 12.3 Å². The van der Waals surface area contributed by atoms with Gasteiger partial charge in [-0.15, -0.1) is 11.3 Å². The zero-order valence-corrected chi connectivity index (χ0v) is 15.4. The van der Waals surface area contributed by atoms with Gasteiger partial charge in [-0.05, 0) is 24.6 Å². The molecule has 2 aromatic carbocycles. The van der Waals surface area contributed by atoms with Crippen molar-refractivity contribution in [1.29, 1.82) is 0 Å². The number of rotatable bonds is 8. The van der Waals surface area contributed by atoms with Gasteiger partial charge in [0.15, 0.2) is 5.13 Å². The number of nitrogens with one attached hydrogen (secondary N) is 2. The highest BCUT2D eigenvalue weighted by molar-refractivity contribution is 7.14. The highest BCUT2D eigenvalue weighted by Gasteiger charge is 2.07. The van der Waals surface area contributed by atoms with E-state index < -0.39 is 0 Å². The molecule has 5 nitrogen and oxygen atoms in total. The number of thiazole rings is 1. The molecule has 1 heterocycles. The molecular weight excluding hydrogens is 346 g/mol. The fourth-order valence-electron chi connectivity index (χ4n) is 2.43. The summed E-state index contributed by atoms with van der Waals surface area (Å²) < 4.78 is 5.47. The van der Waals surface area contributed by atoms with E-state index in [1.54, 1.807) is 11.3 Å². The molecule has 0 saturated carbocycles. The van der Waals surface area contributed by atoms with Crippen molar-refractivity contribution >= 4 is 28.1 Å². The summed E-state index contributed by atoms with van der Waals surface area (Å²) in [5.41, 5.74) is 3.63. The second-order valence-electron chi connectivity index (χ2n) is 5.68. The molecule has 0 unspecified atom stereocenters. The summed E-state index contributed by atoms with van der Waals surface area (Å²) in [6.45, 7) is 3.31. The van der Waals surface area contributed by atoms with Crippen LogP contribution in [0.1, 0.15) is 12.5 Å². The number of hydrogen-bond acceptors (Lipinski definition) is 5. The van der Waals surface area contributed by atoms with Crippen LogP contribution in [0, 0.1) is 0 Å². The number of carbonyl (C=O) groups excluding carboxylic acids is 1. The molecule has 3 aromatic rings. The third kappa shape index (κ3) is 5.15. The van der Waals surface area contributed by atoms with E-state index in [4.69, 9.17) is 4.74 Å². The van der Waals surface area contributed by atoms with Crippen LogP contribution in [0.2, 0.25) is 0 Å². The van der Waals surface area contributed by atoms with Gasteiger partial charge in [-0.3, -0.25) is 4.79 Å². The zero-order chi connectivity index (χ0) is 18.2. The SMILES string of the molecule is CCNc1nc(-c2cccc(NC(=O)COCc3ccccc3)c2)cs1. The van der Waals surface area contributed by atoms with Gasteiger partial charge < -0.3 is 15.4 Å². The number of hydrogen-bond donors (Lipinski definition) is 2. The van der Waals surface area contributed by atoms with Crippen LogP contribution in [-0.2, 0) is 16.1 Å². The number of nitrogens with zero attached hydrogens (tertiary/aromatic N) is 1. The van der Waals surface area contributed by atoms with Crippen molar-refractivity contribution in [2.24, 2.45) is 0 Å². The normalized spacial score (nSPS) is 10.5. The van der Waals surface area contributed by atoms with Crippen LogP contribution < -0.4 is 10.6 Å². The lowest BCUT2D eigenvalue weighted by atomic mass is 10.1. The van der Waals surface area contributed by atoms with Gasteiger partial charge in [-0.25, -0.2) is 4.98 Å². The maximum Gasteiger partial charge on any atom is 0.250 e. The Balaban J connectivity index is 1.55. The van der Waals surface area contributed by atoms with E-state index in [0.29, 0.717) is 6.61 Å². The molecule has 0 aliphatic rings. The number of aromatic nitrogens is 1. The van der Waals surface area contributed by atoms with Crippen LogP contribution in [0.25, 0.3) is 11.3 Å². The maximum atomic E-state index is 12.1.